The first-order valence-corrected chi connectivity index (χ1v) is 10.3. The molecule has 1 amide bonds. The van der Waals surface area contributed by atoms with E-state index in [0.29, 0.717) is 12.3 Å². The number of ether oxygens (including phenoxy) is 1. The Kier molecular flexibility index (Phi) is 7.86. The van der Waals surface area contributed by atoms with E-state index in [4.69, 9.17) is 10.5 Å². The molecule has 0 bridgehead atoms. The summed E-state index contributed by atoms with van der Waals surface area (Å²) in [6, 6.07) is 5.63. The molecule has 0 aliphatic heterocycles. The molecular formula is C22H32N4O4. The maximum absolute atomic E-state index is 13.1. The second-order valence-corrected chi connectivity index (χ2v) is 7.88. The summed E-state index contributed by atoms with van der Waals surface area (Å²) in [5.41, 5.74) is 6.96. The molecule has 0 aliphatic carbocycles. The van der Waals surface area contributed by atoms with Crippen LogP contribution in [0.1, 0.15) is 44.7 Å². The van der Waals surface area contributed by atoms with Crippen LogP contribution in [0, 0.1) is 19.8 Å². The highest BCUT2D eigenvalue weighted by Crippen LogP contribution is 2.22. The van der Waals surface area contributed by atoms with Crippen molar-refractivity contribution in [2.45, 2.75) is 54.0 Å². The van der Waals surface area contributed by atoms with Crippen molar-refractivity contribution in [3.05, 3.63) is 50.2 Å². The largest absolute Gasteiger partial charge is 0.483 e. The fourth-order valence-electron chi connectivity index (χ4n) is 3.16. The Morgan fingerprint density at radius 3 is 2.60 bits per heavy atom. The van der Waals surface area contributed by atoms with Crippen molar-refractivity contribution in [2.75, 3.05) is 23.8 Å². The van der Waals surface area contributed by atoms with Gasteiger partial charge in [-0.2, -0.15) is 0 Å². The average molecular weight is 417 g/mol. The van der Waals surface area contributed by atoms with Crippen molar-refractivity contribution >= 4 is 17.4 Å². The topological polar surface area (TPSA) is 110 Å². The lowest BCUT2D eigenvalue weighted by Crippen LogP contribution is -2.44. The standard InChI is InChI=1S/C22H32N4O4/c1-6-7-11-25-20(23)19(21(28)24-22(25)29)26(12-14(2)3)18(27)13-30-17-10-8-9-15(4)16(17)5/h8-10,14H,6-7,11-13,23H2,1-5H3,(H,24,28,29). The highest BCUT2D eigenvalue weighted by atomic mass is 16.5. The highest BCUT2D eigenvalue weighted by molar-refractivity contribution is 5.96. The molecule has 0 spiro atoms. The Balaban J connectivity index is 2.39. The van der Waals surface area contributed by atoms with Gasteiger partial charge in [0.2, 0.25) is 0 Å². The molecule has 0 saturated heterocycles. The summed E-state index contributed by atoms with van der Waals surface area (Å²) in [5.74, 6) is 0.285. The minimum absolute atomic E-state index is 0.00191. The third-order valence-electron chi connectivity index (χ3n) is 4.97. The third-order valence-corrected chi connectivity index (χ3v) is 4.97. The maximum Gasteiger partial charge on any atom is 0.330 e. The number of carbonyl (C=O) groups excluding carboxylic acids is 1. The van der Waals surface area contributed by atoms with Gasteiger partial charge in [0.25, 0.3) is 11.5 Å². The molecule has 0 fully saturated rings. The van der Waals surface area contributed by atoms with Gasteiger partial charge in [0, 0.05) is 13.1 Å². The molecule has 0 unspecified atom stereocenters. The number of anilines is 2. The lowest BCUT2D eigenvalue weighted by Gasteiger charge is -2.26. The minimum Gasteiger partial charge on any atom is -0.483 e. The third kappa shape index (κ3) is 5.31. The fraction of sp³-hybridized carbons (Fsp3) is 0.500. The van der Waals surface area contributed by atoms with Crippen LogP contribution in [0.15, 0.2) is 27.8 Å². The van der Waals surface area contributed by atoms with E-state index < -0.39 is 17.2 Å². The Hall–Kier alpha value is -3.03. The van der Waals surface area contributed by atoms with Crippen LogP contribution in [0.2, 0.25) is 0 Å². The van der Waals surface area contributed by atoms with Crippen molar-refractivity contribution in [1.29, 1.82) is 0 Å². The molecule has 2 aromatic rings. The summed E-state index contributed by atoms with van der Waals surface area (Å²) >= 11 is 0. The molecule has 0 aliphatic rings. The molecule has 8 heteroatoms. The van der Waals surface area contributed by atoms with Crippen molar-refractivity contribution < 1.29 is 9.53 Å². The zero-order chi connectivity index (χ0) is 22.4. The van der Waals surface area contributed by atoms with Crippen molar-refractivity contribution in [3.8, 4) is 5.75 Å². The van der Waals surface area contributed by atoms with E-state index in [2.05, 4.69) is 4.98 Å². The summed E-state index contributed by atoms with van der Waals surface area (Å²) < 4.78 is 7.06. The van der Waals surface area contributed by atoms with E-state index in [1.807, 2.05) is 46.8 Å². The van der Waals surface area contributed by atoms with Crippen molar-refractivity contribution in [3.63, 3.8) is 0 Å². The summed E-state index contributed by atoms with van der Waals surface area (Å²) in [5, 5.41) is 0. The van der Waals surface area contributed by atoms with Gasteiger partial charge in [0.05, 0.1) is 0 Å². The Morgan fingerprint density at radius 1 is 1.27 bits per heavy atom. The molecule has 0 radical (unpaired) electrons. The number of aromatic nitrogens is 2. The number of nitrogens with one attached hydrogen (secondary N) is 1. The number of hydrogen-bond donors (Lipinski definition) is 2. The van der Waals surface area contributed by atoms with Crippen molar-refractivity contribution in [1.82, 2.24) is 9.55 Å². The first-order chi connectivity index (χ1) is 14.2. The predicted octanol–water partition coefficient (Wildman–Crippen LogP) is 2.60. The van der Waals surface area contributed by atoms with Gasteiger partial charge >= 0.3 is 5.69 Å². The number of nitrogen functional groups attached to an aromatic ring is 1. The van der Waals surface area contributed by atoms with Crippen LogP contribution < -0.4 is 26.6 Å². The molecule has 3 N–H and O–H groups in total. The average Bonchev–Trinajstić information content (AvgIpc) is 2.67. The zero-order valence-electron chi connectivity index (χ0n) is 18.4. The minimum atomic E-state index is -0.675. The van der Waals surface area contributed by atoms with Crippen LogP contribution >= 0.6 is 0 Å². The monoisotopic (exact) mass is 416 g/mol. The van der Waals surface area contributed by atoms with E-state index in [1.165, 1.54) is 9.47 Å². The summed E-state index contributed by atoms with van der Waals surface area (Å²) in [6.07, 6.45) is 1.59. The van der Waals surface area contributed by atoms with E-state index >= 15 is 0 Å². The first kappa shape index (κ1) is 23.3. The van der Waals surface area contributed by atoms with Gasteiger partial charge in [-0.05, 0) is 43.4 Å². The number of carbonyl (C=O) groups is 1. The number of hydrogen-bond acceptors (Lipinski definition) is 5. The molecule has 164 valence electrons. The van der Waals surface area contributed by atoms with Gasteiger partial charge in [-0.1, -0.05) is 39.3 Å². The number of amides is 1. The molecule has 1 aromatic carbocycles. The van der Waals surface area contributed by atoms with Crippen molar-refractivity contribution in [2.24, 2.45) is 5.92 Å². The molecule has 8 nitrogen and oxygen atoms in total. The quantitative estimate of drug-likeness (QED) is 0.653. The number of H-pyrrole nitrogens is 1. The van der Waals surface area contributed by atoms with E-state index in [1.54, 1.807) is 6.07 Å². The number of nitrogens with two attached hydrogens (primary N) is 1. The Morgan fingerprint density at radius 2 is 1.97 bits per heavy atom. The predicted molar refractivity (Wildman–Crippen MR) is 119 cm³/mol. The molecule has 30 heavy (non-hydrogen) atoms. The van der Waals surface area contributed by atoms with Gasteiger partial charge in [0.15, 0.2) is 12.3 Å². The lowest BCUT2D eigenvalue weighted by atomic mass is 10.1. The SMILES string of the molecule is CCCCn1c(N)c(N(CC(C)C)C(=O)COc2cccc(C)c2C)c(=O)[nH]c1=O. The van der Waals surface area contributed by atoms with Crippen LogP contribution in [0.5, 0.6) is 5.75 Å². The second kappa shape index (κ2) is 10.1. The van der Waals surface area contributed by atoms with Crippen LogP contribution in [0.4, 0.5) is 11.5 Å². The Bertz CT molecular complexity index is 1010. The maximum atomic E-state index is 13.1. The zero-order valence-corrected chi connectivity index (χ0v) is 18.4. The summed E-state index contributed by atoms with van der Waals surface area (Å²) in [7, 11) is 0. The van der Waals surface area contributed by atoms with Crippen LogP contribution in [-0.4, -0.2) is 28.6 Å². The van der Waals surface area contributed by atoms with Gasteiger partial charge in [-0.15, -0.1) is 0 Å². The van der Waals surface area contributed by atoms with Gasteiger partial charge in [0.1, 0.15) is 11.6 Å². The molecule has 1 heterocycles. The fourth-order valence-corrected chi connectivity index (χ4v) is 3.16. The number of unbranched alkanes of at least 4 members (excludes halogenated alkanes) is 1. The molecular weight excluding hydrogens is 384 g/mol. The summed E-state index contributed by atoms with van der Waals surface area (Å²) in [4.78, 5) is 41.5. The molecule has 1 aromatic heterocycles. The van der Waals surface area contributed by atoms with Gasteiger partial charge in [-0.3, -0.25) is 19.1 Å². The molecule has 0 atom stereocenters. The molecule has 2 rings (SSSR count). The van der Waals surface area contributed by atoms with Crippen LogP contribution in [-0.2, 0) is 11.3 Å². The number of aromatic amines is 1. The van der Waals surface area contributed by atoms with Crippen LogP contribution in [0.3, 0.4) is 0 Å². The summed E-state index contributed by atoms with van der Waals surface area (Å²) in [6.45, 7) is 10.1. The number of rotatable bonds is 9. The highest BCUT2D eigenvalue weighted by Gasteiger charge is 2.25. The van der Waals surface area contributed by atoms with Gasteiger partial charge in [-0.25, -0.2) is 4.79 Å². The number of aryl methyl sites for hydroxylation is 1. The van der Waals surface area contributed by atoms with Crippen LogP contribution in [0.25, 0.3) is 0 Å². The van der Waals surface area contributed by atoms with Gasteiger partial charge < -0.3 is 15.4 Å². The smallest absolute Gasteiger partial charge is 0.330 e. The Labute approximate surface area is 176 Å². The van der Waals surface area contributed by atoms with E-state index in [9.17, 15) is 14.4 Å². The normalized spacial score (nSPS) is 11.0. The second-order valence-electron chi connectivity index (χ2n) is 7.88. The van der Waals surface area contributed by atoms with E-state index in [-0.39, 0.29) is 30.6 Å². The van der Waals surface area contributed by atoms with E-state index in [0.717, 1.165) is 24.0 Å². The number of nitrogens with zero attached hydrogens (tertiary/aromatic N) is 2. The first-order valence-electron chi connectivity index (χ1n) is 10.3. The lowest BCUT2D eigenvalue weighted by molar-refractivity contribution is -0.120. The number of benzene rings is 1. The molecule has 0 saturated carbocycles.